The molecule has 8 heteroatoms. The number of hydrogen-bond acceptors (Lipinski definition) is 8. The zero-order valence-electron chi connectivity index (χ0n) is 14.8. The first-order valence-corrected chi connectivity index (χ1v) is 8.65. The number of aromatic hydroxyl groups is 2. The van der Waals surface area contributed by atoms with Gasteiger partial charge < -0.3 is 40.1 Å². The van der Waals surface area contributed by atoms with Crippen LogP contribution in [0.25, 0.3) is 12.2 Å². The maximum absolute atomic E-state index is 10.00. The highest BCUT2D eigenvalue weighted by atomic mass is 16.7. The lowest BCUT2D eigenvalue weighted by atomic mass is 9.99. The van der Waals surface area contributed by atoms with Crippen molar-refractivity contribution in [1.82, 2.24) is 0 Å². The van der Waals surface area contributed by atoms with Crippen LogP contribution in [0.5, 0.6) is 17.2 Å². The van der Waals surface area contributed by atoms with Crippen molar-refractivity contribution in [2.45, 2.75) is 30.7 Å². The van der Waals surface area contributed by atoms with Crippen molar-refractivity contribution in [3.63, 3.8) is 0 Å². The second kappa shape index (κ2) is 8.59. The summed E-state index contributed by atoms with van der Waals surface area (Å²) in [4.78, 5) is 0. The maximum atomic E-state index is 10.00. The first-order chi connectivity index (χ1) is 13.4. The smallest absolute Gasteiger partial charge is 0.229 e. The lowest BCUT2D eigenvalue weighted by molar-refractivity contribution is -0.277. The second-order valence-corrected chi connectivity index (χ2v) is 6.50. The minimum Gasteiger partial charge on any atom is -0.508 e. The summed E-state index contributed by atoms with van der Waals surface area (Å²) in [6.45, 7) is -0.529. The molecule has 0 amide bonds. The molecule has 2 aromatic rings. The number of aliphatic hydroxyl groups excluding tert-OH is 4. The number of aliphatic hydroxyl groups is 4. The van der Waals surface area contributed by atoms with Gasteiger partial charge in [0.1, 0.15) is 41.7 Å². The molecule has 0 aliphatic carbocycles. The Morgan fingerprint density at radius 3 is 2.04 bits per heavy atom. The fourth-order valence-corrected chi connectivity index (χ4v) is 2.86. The van der Waals surface area contributed by atoms with Gasteiger partial charge in [0.25, 0.3) is 0 Å². The third kappa shape index (κ3) is 4.61. The summed E-state index contributed by atoms with van der Waals surface area (Å²) in [5.74, 6) is 0.280. The first kappa shape index (κ1) is 20.1. The van der Waals surface area contributed by atoms with Crippen molar-refractivity contribution in [1.29, 1.82) is 0 Å². The molecule has 0 saturated carbocycles. The molecule has 0 radical (unpaired) electrons. The summed E-state index contributed by atoms with van der Waals surface area (Å²) >= 11 is 0. The zero-order valence-corrected chi connectivity index (χ0v) is 14.8. The summed E-state index contributed by atoms with van der Waals surface area (Å²) < 4.78 is 10.8. The largest absolute Gasteiger partial charge is 0.508 e. The highest BCUT2D eigenvalue weighted by molar-refractivity contribution is 5.71. The molecule has 1 saturated heterocycles. The van der Waals surface area contributed by atoms with Crippen LogP contribution in [0.2, 0.25) is 0 Å². The minimum absolute atomic E-state index is 0.0390. The first-order valence-electron chi connectivity index (χ1n) is 8.65. The van der Waals surface area contributed by atoms with Crippen molar-refractivity contribution < 1.29 is 40.1 Å². The van der Waals surface area contributed by atoms with E-state index in [0.717, 1.165) is 5.56 Å². The van der Waals surface area contributed by atoms with Gasteiger partial charge in [-0.1, -0.05) is 24.3 Å². The van der Waals surface area contributed by atoms with E-state index in [9.17, 15) is 30.6 Å². The third-order valence-corrected chi connectivity index (χ3v) is 4.37. The van der Waals surface area contributed by atoms with Gasteiger partial charge in [0.05, 0.1) is 6.61 Å². The van der Waals surface area contributed by atoms with E-state index in [0.29, 0.717) is 11.3 Å². The standard InChI is InChI=1S/C20H22O8/c21-10-16-17(24)18(25)19(26)20(28-16)27-15-5-3-11(4-6-15)1-2-12-7-13(22)9-14(23)8-12/h1-9,16-26H,10H2/b2-1-. The quantitative estimate of drug-likeness (QED) is 0.405. The van der Waals surface area contributed by atoms with E-state index in [-0.39, 0.29) is 11.5 Å². The highest BCUT2D eigenvalue weighted by Gasteiger charge is 2.44. The molecule has 2 aromatic carbocycles. The van der Waals surface area contributed by atoms with E-state index in [1.807, 2.05) is 0 Å². The van der Waals surface area contributed by atoms with Gasteiger partial charge in [-0.3, -0.25) is 0 Å². The van der Waals surface area contributed by atoms with Crippen molar-refractivity contribution in [2.24, 2.45) is 0 Å². The van der Waals surface area contributed by atoms with Crippen molar-refractivity contribution in [2.75, 3.05) is 6.61 Å². The molecular weight excluding hydrogens is 368 g/mol. The number of benzene rings is 2. The minimum atomic E-state index is -1.50. The Hall–Kier alpha value is -2.62. The molecular formula is C20H22O8. The van der Waals surface area contributed by atoms with Gasteiger partial charge >= 0.3 is 0 Å². The predicted molar refractivity (Wildman–Crippen MR) is 99.5 cm³/mol. The third-order valence-electron chi connectivity index (χ3n) is 4.37. The Kier molecular flexibility index (Phi) is 6.18. The van der Waals surface area contributed by atoms with E-state index in [1.54, 1.807) is 36.4 Å². The summed E-state index contributed by atoms with van der Waals surface area (Å²) in [6, 6.07) is 11.0. The van der Waals surface area contributed by atoms with Gasteiger partial charge in [-0.25, -0.2) is 0 Å². The highest BCUT2D eigenvalue weighted by Crippen LogP contribution is 2.25. The van der Waals surface area contributed by atoms with Crippen molar-refractivity contribution in [3.05, 3.63) is 53.6 Å². The van der Waals surface area contributed by atoms with Gasteiger partial charge in [0, 0.05) is 6.07 Å². The molecule has 1 heterocycles. The fraction of sp³-hybridized carbons (Fsp3) is 0.300. The summed E-state index contributed by atoms with van der Waals surface area (Å²) in [5.41, 5.74) is 1.43. The molecule has 0 bridgehead atoms. The van der Waals surface area contributed by atoms with Gasteiger partial charge in [0.2, 0.25) is 6.29 Å². The Morgan fingerprint density at radius 2 is 1.43 bits per heavy atom. The van der Waals surface area contributed by atoms with E-state index in [1.165, 1.54) is 18.2 Å². The average molecular weight is 390 g/mol. The predicted octanol–water partition coefficient (Wildman–Crippen LogP) is 0.447. The number of phenolic OH excluding ortho intramolecular Hbond substituents is 2. The lowest BCUT2D eigenvalue weighted by Crippen LogP contribution is -2.60. The average Bonchev–Trinajstić information content (AvgIpc) is 2.67. The van der Waals surface area contributed by atoms with Crippen LogP contribution < -0.4 is 4.74 Å². The fourth-order valence-electron chi connectivity index (χ4n) is 2.86. The van der Waals surface area contributed by atoms with Crippen LogP contribution in [0.3, 0.4) is 0 Å². The van der Waals surface area contributed by atoms with E-state index < -0.39 is 37.3 Å². The molecule has 0 spiro atoms. The van der Waals surface area contributed by atoms with Gasteiger partial charge in [-0.05, 0) is 35.4 Å². The molecule has 8 nitrogen and oxygen atoms in total. The summed E-state index contributed by atoms with van der Waals surface area (Å²) in [5, 5.41) is 57.7. The number of rotatable bonds is 5. The van der Waals surface area contributed by atoms with Crippen molar-refractivity contribution >= 4 is 12.2 Å². The Morgan fingerprint density at radius 1 is 0.821 bits per heavy atom. The van der Waals surface area contributed by atoms with Crippen LogP contribution in [0.1, 0.15) is 11.1 Å². The lowest BCUT2D eigenvalue weighted by Gasteiger charge is -2.39. The molecule has 5 unspecified atom stereocenters. The van der Waals surface area contributed by atoms with Crippen LogP contribution in [0, 0.1) is 0 Å². The van der Waals surface area contributed by atoms with E-state index in [4.69, 9.17) is 9.47 Å². The van der Waals surface area contributed by atoms with Crippen LogP contribution in [-0.2, 0) is 4.74 Å². The summed E-state index contributed by atoms with van der Waals surface area (Å²) in [6.07, 6.45) is -3.22. The maximum Gasteiger partial charge on any atom is 0.229 e. The number of phenols is 2. The molecule has 1 aliphatic rings. The normalized spacial score (nSPS) is 27.8. The Bertz CT molecular complexity index is 797. The van der Waals surface area contributed by atoms with Crippen LogP contribution in [-0.4, -0.2) is 68.0 Å². The van der Waals surface area contributed by atoms with Crippen LogP contribution in [0.15, 0.2) is 42.5 Å². The van der Waals surface area contributed by atoms with E-state index >= 15 is 0 Å². The van der Waals surface area contributed by atoms with Gasteiger partial charge in [0.15, 0.2) is 0 Å². The van der Waals surface area contributed by atoms with Gasteiger partial charge in [-0.2, -0.15) is 0 Å². The monoisotopic (exact) mass is 390 g/mol. The molecule has 1 aliphatic heterocycles. The van der Waals surface area contributed by atoms with Crippen molar-refractivity contribution in [3.8, 4) is 17.2 Å². The van der Waals surface area contributed by atoms with Crippen LogP contribution >= 0.6 is 0 Å². The SMILES string of the molecule is OCC1OC(Oc2ccc(/C=C\c3cc(O)cc(O)c3)cc2)C(O)C(O)C1O. The molecule has 6 N–H and O–H groups in total. The topological polar surface area (TPSA) is 140 Å². The Balaban J connectivity index is 1.66. The summed E-state index contributed by atoms with van der Waals surface area (Å²) in [7, 11) is 0. The Labute approximate surface area is 161 Å². The van der Waals surface area contributed by atoms with Crippen LogP contribution in [0.4, 0.5) is 0 Å². The number of hydrogen-bond donors (Lipinski definition) is 6. The zero-order chi connectivity index (χ0) is 20.3. The van der Waals surface area contributed by atoms with Gasteiger partial charge in [-0.15, -0.1) is 0 Å². The molecule has 150 valence electrons. The molecule has 1 fully saturated rings. The molecule has 5 atom stereocenters. The number of ether oxygens (including phenoxy) is 2. The second-order valence-electron chi connectivity index (χ2n) is 6.50. The van der Waals surface area contributed by atoms with E-state index in [2.05, 4.69) is 0 Å². The molecule has 28 heavy (non-hydrogen) atoms. The molecule has 0 aromatic heterocycles. The molecule has 3 rings (SSSR count).